The predicted octanol–water partition coefficient (Wildman–Crippen LogP) is -2.41. The summed E-state index contributed by atoms with van der Waals surface area (Å²) in [6.45, 7) is -0.516. The second-order valence-corrected chi connectivity index (χ2v) is 8.29. The summed E-state index contributed by atoms with van der Waals surface area (Å²) in [5.41, 5.74) is 11.3. The number of carbonyl (C=O) groups excluding carboxylic acids is 3. The zero-order valence-electron chi connectivity index (χ0n) is 18.6. The van der Waals surface area contributed by atoms with E-state index in [1.165, 1.54) is 11.8 Å². The molecule has 0 saturated carbocycles. The number of amides is 3. The van der Waals surface area contributed by atoms with E-state index in [1.807, 2.05) is 6.26 Å². The van der Waals surface area contributed by atoms with Gasteiger partial charge in [0.15, 0.2) is 0 Å². The van der Waals surface area contributed by atoms with Crippen molar-refractivity contribution >= 4 is 41.4 Å². The molecule has 0 aliphatic carbocycles. The van der Waals surface area contributed by atoms with Crippen LogP contribution in [0.4, 0.5) is 0 Å². The molecule has 0 aromatic rings. The molecule has 0 aromatic carbocycles. The monoisotopic (exact) mass is 493 g/mol. The Bertz CT molecular complexity index is 666. The van der Waals surface area contributed by atoms with Crippen LogP contribution in [0, 0.1) is 0 Å². The Morgan fingerprint density at radius 1 is 0.848 bits per heavy atom. The Morgan fingerprint density at radius 3 is 1.88 bits per heavy atom. The van der Waals surface area contributed by atoms with Gasteiger partial charge in [0.2, 0.25) is 17.7 Å². The van der Waals surface area contributed by atoms with Crippen LogP contribution in [0.1, 0.15) is 38.5 Å². The molecule has 4 unspecified atom stereocenters. The number of aliphatic carboxylic acids is 2. The molecular formula is C19H35N5O8S. The van der Waals surface area contributed by atoms with E-state index in [4.69, 9.17) is 26.8 Å². The molecule has 3 amide bonds. The summed E-state index contributed by atoms with van der Waals surface area (Å²) in [4.78, 5) is 59.8. The van der Waals surface area contributed by atoms with Gasteiger partial charge in [0.1, 0.15) is 18.1 Å². The van der Waals surface area contributed by atoms with Crippen LogP contribution in [-0.2, 0) is 24.0 Å². The van der Waals surface area contributed by atoms with Crippen molar-refractivity contribution < 1.29 is 39.3 Å². The number of carboxylic acid groups (broad SMARTS) is 2. The maximum Gasteiger partial charge on any atom is 0.328 e. The van der Waals surface area contributed by atoms with Crippen LogP contribution in [0.25, 0.3) is 0 Å². The second-order valence-electron chi connectivity index (χ2n) is 7.31. The van der Waals surface area contributed by atoms with E-state index in [9.17, 15) is 24.0 Å². The van der Waals surface area contributed by atoms with E-state index < -0.39 is 66.9 Å². The highest BCUT2D eigenvalue weighted by molar-refractivity contribution is 7.98. The number of carboxylic acids is 2. The number of nitrogens with one attached hydrogen (secondary N) is 3. The Morgan fingerprint density at radius 2 is 1.39 bits per heavy atom. The van der Waals surface area contributed by atoms with Gasteiger partial charge in [0, 0.05) is 6.42 Å². The van der Waals surface area contributed by atoms with Gasteiger partial charge in [-0.05, 0) is 50.7 Å². The molecule has 0 saturated heterocycles. The standard InChI is InChI=1S/C19H35N5O8S/c1-33-9-7-11(21)16(28)22-13(5-6-15(26)27)18(30)23-12(4-2-3-8-20)17(29)24-14(10-25)19(31)32/h11-14,25H,2-10,20-21H2,1H3,(H,22,28)(H,23,30)(H,24,29)(H,26,27)(H,31,32). The summed E-state index contributed by atoms with van der Waals surface area (Å²) in [6, 6.07) is -4.93. The van der Waals surface area contributed by atoms with Crippen molar-refractivity contribution in [2.45, 2.75) is 62.7 Å². The van der Waals surface area contributed by atoms with Crippen LogP contribution < -0.4 is 27.4 Å². The summed E-state index contributed by atoms with van der Waals surface area (Å²) in [5.74, 6) is -4.32. The predicted molar refractivity (Wildman–Crippen MR) is 121 cm³/mol. The van der Waals surface area contributed by atoms with Crippen molar-refractivity contribution in [3.8, 4) is 0 Å². The lowest BCUT2D eigenvalue weighted by Crippen LogP contribution is -2.57. The molecule has 0 rings (SSSR count). The van der Waals surface area contributed by atoms with Gasteiger partial charge < -0.3 is 42.7 Å². The van der Waals surface area contributed by atoms with Gasteiger partial charge in [0.25, 0.3) is 0 Å². The third-order valence-corrected chi connectivity index (χ3v) is 5.27. The van der Waals surface area contributed by atoms with Gasteiger partial charge >= 0.3 is 11.9 Å². The fraction of sp³-hybridized carbons (Fsp3) is 0.737. The van der Waals surface area contributed by atoms with E-state index in [0.717, 1.165) is 0 Å². The highest BCUT2D eigenvalue weighted by atomic mass is 32.2. The molecule has 0 radical (unpaired) electrons. The molecular weight excluding hydrogens is 458 g/mol. The molecule has 33 heavy (non-hydrogen) atoms. The zero-order chi connectivity index (χ0) is 25.4. The van der Waals surface area contributed by atoms with Crippen LogP contribution in [0.5, 0.6) is 0 Å². The second kappa shape index (κ2) is 17.1. The Labute approximate surface area is 196 Å². The first kappa shape index (κ1) is 30.6. The van der Waals surface area contributed by atoms with Crippen LogP contribution in [0.15, 0.2) is 0 Å². The summed E-state index contributed by atoms with van der Waals surface area (Å²) < 4.78 is 0. The van der Waals surface area contributed by atoms with Crippen molar-refractivity contribution in [3.63, 3.8) is 0 Å². The lowest BCUT2D eigenvalue weighted by atomic mass is 10.1. The lowest BCUT2D eigenvalue weighted by Gasteiger charge is -2.25. The number of hydrogen-bond acceptors (Lipinski definition) is 9. The highest BCUT2D eigenvalue weighted by Gasteiger charge is 2.30. The normalized spacial score (nSPS) is 14.4. The molecule has 0 spiro atoms. The van der Waals surface area contributed by atoms with Crippen LogP contribution in [-0.4, -0.2) is 94.3 Å². The van der Waals surface area contributed by atoms with Crippen LogP contribution in [0.2, 0.25) is 0 Å². The summed E-state index contributed by atoms with van der Waals surface area (Å²) in [7, 11) is 0. The van der Waals surface area contributed by atoms with E-state index >= 15 is 0 Å². The fourth-order valence-electron chi connectivity index (χ4n) is 2.68. The maximum atomic E-state index is 12.8. The molecule has 0 bridgehead atoms. The number of unbranched alkanes of at least 4 members (excludes halogenated alkanes) is 1. The molecule has 190 valence electrons. The van der Waals surface area contributed by atoms with Crippen molar-refractivity contribution in [3.05, 3.63) is 0 Å². The third kappa shape index (κ3) is 13.0. The first-order chi connectivity index (χ1) is 15.6. The summed E-state index contributed by atoms with van der Waals surface area (Å²) in [5, 5.41) is 34.1. The molecule has 0 aliphatic rings. The minimum atomic E-state index is -1.57. The van der Waals surface area contributed by atoms with Gasteiger partial charge in [0.05, 0.1) is 12.6 Å². The van der Waals surface area contributed by atoms with Crippen molar-refractivity contribution in [2.75, 3.05) is 25.2 Å². The zero-order valence-corrected chi connectivity index (χ0v) is 19.4. The van der Waals surface area contributed by atoms with Crippen molar-refractivity contribution in [1.82, 2.24) is 16.0 Å². The topological polar surface area (TPSA) is 234 Å². The number of aliphatic hydroxyl groups excluding tert-OH is 1. The van der Waals surface area contributed by atoms with E-state index in [2.05, 4.69) is 16.0 Å². The molecule has 0 fully saturated rings. The molecule has 10 N–H and O–H groups in total. The van der Waals surface area contributed by atoms with Crippen LogP contribution >= 0.6 is 11.8 Å². The number of aliphatic hydroxyl groups is 1. The Hall–Kier alpha value is -2.42. The number of hydrogen-bond donors (Lipinski definition) is 8. The Balaban J connectivity index is 5.43. The average molecular weight is 494 g/mol. The van der Waals surface area contributed by atoms with Gasteiger partial charge in [-0.3, -0.25) is 19.2 Å². The minimum absolute atomic E-state index is 0.110. The SMILES string of the molecule is CSCCC(N)C(=O)NC(CCC(=O)O)C(=O)NC(CCCCN)C(=O)NC(CO)C(=O)O. The fourth-order valence-corrected chi connectivity index (χ4v) is 3.17. The van der Waals surface area contributed by atoms with E-state index in [1.54, 1.807) is 0 Å². The summed E-state index contributed by atoms with van der Waals surface area (Å²) >= 11 is 1.49. The quantitative estimate of drug-likeness (QED) is 0.0936. The minimum Gasteiger partial charge on any atom is -0.481 e. The van der Waals surface area contributed by atoms with Gasteiger partial charge in [-0.1, -0.05) is 0 Å². The summed E-state index contributed by atoms with van der Waals surface area (Å²) in [6.07, 6.45) is 2.60. The van der Waals surface area contributed by atoms with E-state index in [0.29, 0.717) is 31.6 Å². The molecule has 14 heteroatoms. The van der Waals surface area contributed by atoms with E-state index in [-0.39, 0.29) is 12.8 Å². The number of rotatable bonds is 18. The highest BCUT2D eigenvalue weighted by Crippen LogP contribution is 2.06. The van der Waals surface area contributed by atoms with Crippen molar-refractivity contribution in [2.24, 2.45) is 11.5 Å². The molecule has 4 atom stereocenters. The van der Waals surface area contributed by atoms with Gasteiger partial charge in [-0.25, -0.2) is 4.79 Å². The molecule has 0 heterocycles. The maximum absolute atomic E-state index is 12.8. The Kier molecular flexibility index (Phi) is 15.9. The van der Waals surface area contributed by atoms with Crippen LogP contribution in [0.3, 0.4) is 0 Å². The first-order valence-corrected chi connectivity index (χ1v) is 11.9. The first-order valence-electron chi connectivity index (χ1n) is 10.5. The number of nitrogens with two attached hydrogens (primary N) is 2. The largest absolute Gasteiger partial charge is 0.481 e. The van der Waals surface area contributed by atoms with Crippen molar-refractivity contribution in [1.29, 1.82) is 0 Å². The lowest BCUT2D eigenvalue weighted by molar-refractivity contribution is -0.143. The average Bonchev–Trinajstić information content (AvgIpc) is 2.76. The smallest absolute Gasteiger partial charge is 0.328 e. The third-order valence-electron chi connectivity index (χ3n) is 4.63. The molecule has 0 aliphatic heterocycles. The molecule has 13 nitrogen and oxygen atoms in total. The molecule has 0 aromatic heterocycles. The van der Waals surface area contributed by atoms with Gasteiger partial charge in [-0.15, -0.1) is 0 Å². The van der Waals surface area contributed by atoms with Gasteiger partial charge in [-0.2, -0.15) is 11.8 Å². The number of carbonyl (C=O) groups is 5. The number of thioether (sulfide) groups is 1.